The minimum Gasteiger partial charge on any atom is -0.337 e. The summed E-state index contributed by atoms with van der Waals surface area (Å²) in [5.74, 6) is 0.00815. The summed E-state index contributed by atoms with van der Waals surface area (Å²) in [6.45, 7) is 5.51. The third-order valence-corrected chi connectivity index (χ3v) is 4.46. The van der Waals surface area contributed by atoms with Gasteiger partial charge in [-0.15, -0.1) is 0 Å². The van der Waals surface area contributed by atoms with Gasteiger partial charge in [-0.1, -0.05) is 6.92 Å². The molecule has 2 N–H and O–H groups in total. The molecule has 0 aromatic heterocycles. The second-order valence-corrected chi connectivity index (χ2v) is 6.07. The van der Waals surface area contributed by atoms with Crippen LogP contribution in [0, 0.1) is 11.3 Å². The molecule has 1 unspecified atom stereocenters. The van der Waals surface area contributed by atoms with Gasteiger partial charge in [0, 0.05) is 12.6 Å². The fraction of sp³-hybridized carbons (Fsp3) is 0.867. The molecule has 1 saturated heterocycles. The summed E-state index contributed by atoms with van der Waals surface area (Å²) >= 11 is 0. The average molecular weight is 278 g/mol. The van der Waals surface area contributed by atoms with E-state index >= 15 is 0 Å². The molecule has 0 radical (unpaired) electrons. The lowest BCUT2D eigenvalue weighted by molar-refractivity contribution is -0.124. The fourth-order valence-corrected chi connectivity index (χ4v) is 3.36. The molecule has 2 fully saturated rings. The van der Waals surface area contributed by atoms with Crippen molar-refractivity contribution in [1.82, 2.24) is 15.5 Å². The molecule has 20 heavy (non-hydrogen) atoms. The van der Waals surface area contributed by atoms with E-state index in [1.165, 1.54) is 0 Å². The molecule has 1 aliphatic heterocycles. The molecule has 1 heterocycles. The lowest BCUT2D eigenvalue weighted by Gasteiger charge is -2.29. The van der Waals surface area contributed by atoms with Gasteiger partial charge in [-0.2, -0.15) is 5.26 Å². The van der Waals surface area contributed by atoms with Gasteiger partial charge in [0.2, 0.25) is 5.91 Å². The Hall–Kier alpha value is -1.12. The van der Waals surface area contributed by atoms with Crippen molar-refractivity contribution in [2.45, 2.75) is 57.0 Å². The maximum Gasteiger partial charge on any atom is 0.235 e. The van der Waals surface area contributed by atoms with Gasteiger partial charge in [0.05, 0.1) is 12.6 Å². The van der Waals surface area contributed by atoms with Gasteiger partial charge in [-0.3, -0.25) is 9.69 Å². The number of carbonyl (C=O) groups is 1. The highest BCUT2D eigenvalue weighted by Gasteiger charge is 2.36. The molecule has 1 aliphatic carbocycles. The average Bonchev–Trinajstić information content (AvgIpc) is 3.10. The fourth-order valence-electron chi connectivity index (χ4n) is 3.36. The van der Waals surface area contributed by atoms with Crippen LogP contribution < -0.4 is 10.6 Å². The van der Waals surface area contributed by atoms with E-state index in [0.717, 1.165) is 58.2 Å². The first kappa shape index (κ1) is 15.3. The molecule has 2 rings (SSSR count). The van der Waals surface area contributed by atoms with Crippen LogP contribution in [0.4, 0.5) is 0 Å². The van der Waals surface area contributed by atoms with E-state index in [1.54, 1.807) is 0 Å². The van der Waals surface area contributed by atoms with Crippen molar-refractivity contribution in [2.75, 3.05) is 26.2 Å². The van der Waals surface area contributed by atoms with Crippen molar-refractivity contribution in [3.05, 3.63) is 0 Å². The zero-order chi connectivity index (χ0) is 14.4. The lowest BCUT2D eigenvalue weighted by atomic mass is 10.00. The Balaban J connectivity index is 1.89. The van der Waals surface area contributed by atoms with Gasteiger partial charge in [0.1, 0.15) is 5.54 Å². The summed E-state index contributed by atoms with van der Waals surface area (Å²) in [6, 6.07) is 2.78. The number of nitrogens with one attached hydrogen (secondary N) is 2. The SMILES string of the molecule is CCCN(CC(=O)NC1(C#N)CCCC1)C1CCNC1. The van der Waals surface area contributed by atoms with Crippen LogP contribution in [0.25, 0.3) is 0 Å². The van der Waals surface area contributed by atoms with Crippen LogP contribution >= 0.6 is 0 Å². The topological polar surface area (TPSA) is 68.2 Å². The molecule has 5 heteroatoms. The molecule has 1 amide bonds. The molecule has 0 aromatic carbocycles. The Labute approximate surface area is 121 Å². The Kier molecular flexibility index (Phi) is 5.38. The molecular weight excluding hydrogens is 252 g/mol. The van der Waals surface area contributed by atoms with Gasteiger partial charge < -0.3 is 10.6 Å². The van der Waals surface area contributed by atoms with E-state index in [1.807, 2.05) is 0 Å². The predicted molar refractivity (Wildman–Crippen MR) is 78.1 cm³/mol. The van der Waals surface area contributed by atoms with Crippen LogP contribution in [-0.2, 0) is 4.79 Å². The van der Waals surface area contributed by atoms with E-state index in [0.29, 0.717) is 12.6 Å². The van der Waals surface area contributed by atoms with Crippen molar-refractivity contribution < 1.29 is 4.79 Å². The summed E-state index contributed by atoms with van der Waals surface area (Å²) in [7, 11) is 0. The largest absolute Gasteiger partial charge is 0.337 e. The minimum atomic E-state index is -0.594. The van der Waals surface area contributed by atoms with E-state index in [9.17, 15) is 10.1 Å². The lowest BCUT2D eigenvalue weighted by Crippen LogP contribution is -2.51. The first-order valence-electron chi connectivity index (χ1n) is 7.86. The van der Waals surface area contributed by atoms with Gasteiger partial charge in [-0.25, -0.2) is 0 Å². The van der Waals surface area contributed by atoms with Crippen LogP contribution in [0.5, 0.6) is 0 Å². The van der Waals surface area contributed by atoms with Gasteiger partial charge in [0.15, 0.2) is 0 Å². The minimum absolute atomic E-state index is 0.00815. The summed E-state index contributed by atoms with van der Waals surface area (Å²) in [5.41, 5.74) is -0.594. The monoisotopic (exact) mass is 278 g/mol. The highest BCUT2D eigenvalue weighted by Crippen LogP contribution is 2.28. The number of nitrogens with zero attached hydrogens (tertiary/aromatic N) is 2. The molecule has 5 nitrogen and oxygen atoms in total. The molecule has 0 bridgehead atoms. The van der Waals surface area contributed by atoms with E-state index < -0.39 is 5.54 Å². The van der Waals surface area contributed by atoms with Gasteiger partial charge in [-0.05, 0) is 51.6 Å². The molecule has 0 spiro atoms. The summed E-state index contributed by atoms with van der Waals surface area (Å²) < 4.78 is 0. The molecule has 0 aromatic rings. The third kappa shape index (κ3) is 3.71. The van der Waals surface area contributed by atoms with Gasteiger partial charge in [0.25, 0.3) is 0 Å². The third-order valence-electron chi connectivity index (χ3n) is 4.46. The van der Waals surface area contributed by atoms with Crippen molar-refractivity contribution in [3.8, 4) is 6.07 Å². The Bertz CT molecular complexity index is 365. The second kappa shape index (κ2) is 7.05. The molecule has 1 saturated carbocycles. The molecule has 112 valence electrons. The number of hydrogen-bond acceptors (Lipinski definition) is 4. The van der Waals surface area contributed by atoms with Crippen LogP contribution in [-0.4, -0.2) is 48.6 Å². The summed E-state index contributed by atoms with van der Waals surface area (Å²) in [4.78, 5) is 14.5. The standard InChI is InChI=1S/C15H26N4O/c1-2-9-19(13-5-8-17-10-13)11-14(20)18-15(12-16)6-3-4-7-15/h13,17H,2-11H2,1H3,(H,18,20). The van der Waals surface area contributed by atoms with Crippen LogP contribution in [0.15, 0.2) is 0 Å². The number of amides is 1. The molecule has 2 aliphatic rings. The molecular formula is C15H26N4O. The normalized spacial score (nSPS) is 24.8. The van der Waals surface area contributed by atoms with E-state index in [2.05, 4.69) is 28.5 Å². The first-order chi connectivity index (χ1) is 9.69. The maximum atomic E-state index is 12.3. The van der Waals surface area contributed by atoms with Crippen LogP contribution in [0.3, 0.4) is 0 Å². The Morgan fingerprint density at radius 2 is 2.25 bits per heavy atom. The van der Waals surface area contributed by atoms with E-state index in [-0.39, 0.29) is 5.91 Å². The smallest absolute Gasteiger partial charge is 0.235 e. The summed E-state index contributed by atoms with van der Waals surface area (Å²) in [6.07, 6.45) is 5.84. The Morgan fingerprint density at radius 3 is 2.80 bits per heavy atom. The van der Waals surface area contributed by atoms with Crippen molar-refractivity contribution in [3.63, 3.8) is 0 Å². The number of carbonyl (C=O) groups excluding carboxylic acids is 1. The number of nitriles is 1. The first-order valence-corrected chi connectivity index (χ1v) is 7.86. The summed E-state index contributed by atoms with van der Waals surface area (Å²) in [5, 5.41) is 15.7. The zero-order valence-electron chi connectivity index (χ0n) is 12.5. The Morgan fingerprint density at radius 1 is 1.50 bits per heavy atom. The highest BCUT2D eigenvalue weighted by atomic mass is 16.2. The molecule has 1 atom stereocenters. The van der Waals surface area contributed by atoms with Crippen LogP contribution in [0.1, 0.15) is 45.4 Å². The van der Waals surface area contributed by atoms with Crippen molar-refractivity contribution >= 4 is 5.91 Å². The second-order valence-electron chi connectivity index (χ2n) is 6.07. The zero-order valence-corrected chi connectivity index (χ0v) is 12.5. The highest BCUT2D eigenvalue weighted by molar-refractivity contribution is 5.79. The predicted octanol–water partition coefficient (Wildman–Crippen LogP) is 1.01. The van der Waals surface area contributed by atoms with Crippen molar-refractivity contribution in [2.24, 2.45) is 0 Å². The van der Waals surface area contributed by atoms with Gasteiger partial charge >= 0.3 is 0 Å². The number of hydrogen-bond donors (Lipinski definition) is 2. The quantitative estimate of drug-likeness (QED) is 0.761. The van der Waals surface area contributed by atoms with E-state index in [4.69, 9.17) is 0 Å². The van der Waals surface area contributed by atoms with Crippen molar-refractivity contribution in [1.29, 1.82) is 5.26 Å². The van der Waals surface area contributed by atoms with Crippen LogP contribution in [0.2, 0.25) is 0 Å². The number of rotatable bonds is 6. The maximum absolute atomic E-state index is 12.3.